The second kappa shape index (κ2) is 20.3. The molecule has 58 heavy (non-hydrogen) atoms. The van der Waals surface area contributed by atoms with E-state index >= 15 is 0 Å². The second-order valence-electron chi connectivity index (χ2n) is 12.9. The lowest BCUT2D eigenvalue weighted by Crippen LogP contribution is -2.15. The molecule has 0 radical (unpaired) electrons. The van der Waals surface area contributed by atoms with Crippen molar-refractivity contribution in [2.45, 2.75) is 40.3 Å². The summed E-state index contributed by atoms with van der Waals surface area (Å²) in [5.74, 6) is -0.463. The monoisotopic (exact) mass is 782 g/mol. The predicted octanol–water partition coefficient (Wildman–Crippen LogP) is 10.0. The minimum atomic E-state index is -0.706. The molecule has 0 amide bonds. The Morgan fingerprint density at radius 1 is 0.414 bits per heavy atom. The van der Waals surface area contributed by atoms with Gasteiger partial charge in [-0.05, 0) is 48.2 Å². The third-order valence-electron chi connectivity index (χ3n) is 8.98. The summed E-state index contributed by atoms with van der Waals surface area (Å²) in [5, 5.41) is 0. The predicted molar refractivity (Wildman–Crippen MR) is 220 cm³/mol. The smallest absolute Gasteiger partial charge is 0.339 e. The van der Waals surface area contributed by atoms with Gasteiger partial charge in [-0.25, -0.2) is 9.59 Å². The van der Waals surface area contributed by atoms with Crippen LogP contribution in [-0.4, -0.2) is 39.4 Å². The van der Waals surface area contributed by atoms with Crippen LogP contribution in [-0.2, 0) is 35.9 Å². The van der Waals surface area contributed by atoms with E-state index < -0.39 is 11.9 Å². The Balaban J connectivity index is 1.63. The first kappa shape index (κ1) is 40.7. The average molecular weight is 783 g/mol. The molecule has 0 bridgehead atoms. The van der Waals surface area contributed by atoms with Gasteiger partial charge in [-0.3, -0.25) is 0 Å². The highest BCUT2D eigenvalue weighted by molar-refractivity contribution is 6.08. The summed E-state index contributed by atoms with van der Waals surface area (Å²) < 4.78 is 49.6. The van der Waals surface area contributed by atoms with Gasteiger partial charge in [0, 0.05) is 11.1 Å². The molecule has 298 valence electrons. The van der Waals surface area contributed by atoms with Crippen molar-refractivity contribution in [3.8, 4) is 45.6 Å². The number of benzene rings is 6. The first-order valence-corrected chi connectivity index (χ1v) is 19.0. The molecule has 0 saturated heterocycles. The van der Waals surface area contributed by atoms with Crippen LogP contribution in [0.1, 0.15) is 56.8 Å². The van der Waals surface area contributed by atoms with Crippen molar-refractivity contribution in [3.63, 3.8) is 0 Å². The molecule has 0 aliphatic carbocycles. The number of hydrogen-bond acceptors (Lipinski definition) is 10. The average Bonchev–Trinajstić information content (AvgIpc) is 3.27. The molecule has 0 aliphatic rings. The molecule has 0 unspecified atom stereocenters. The second-order valence-corrected chi connectivity index (χ2v) is 12.9. The van der Waals surface area contributed by atoms with Crippen LogP contribution in [0, 0.1) is 0 Å². The molecule has 6 rings (SSSR count). The maximum atomic E-state index is 14.2. The summed E-state index contributed by atoms with van der Waals surface area (Å²) >= 11 is 0. The van der Waals surface area contributed by atoms with Crippen LogP contribution in [0.15, 0.2) is 133 Å². The van der Waals surface area contributed by atoms with E-state index in [1.165, 1.54) is 26.4 Å². The van der Waals surface area contributed by atoms with E-state index in [9.17, 15) is 9.59 Å². The molecular formula is C48H46O10. The molecule has 6 aromatic carbocycles. The summed E-state index contributed by atoms with van der Waals surface area (Å²) in [6, 6.07) is 41.4. The summed E-state index contributed by atoms with van der Waals surface area (Å²) in [6.07, 6.45) is 0. The fourth-order valence-corrected chi connectivity index (χ4v) is 6.28. The number of rotatable bonds is 19. The van der Waals surface area contributed by atoms with Crippen LogP contribution in [0.4, 0.5) is 0 Å². The molecule has 10 nitrogen and oxygen atoms in total. The van der Waals surface area contributed by atoms with Crippen LogP contribution in [0.3, 0.4) is 0 Å². The van der Waals surface area contributed by atoms with Crippen LogP contribution < -0.4 is 28.4 Å². The molecule has 0 N–H and O–H groups in total. The van der Waals surface area contributed by atoms with Crippen molar-refractivity contribution in [2.75, 3.05) is 27.4 Å². The quantitative estimate of drug-likeness (QED) is 0.0737. The van der Waals surface area contributed by atoms with Crippen molar-refractivity contribution < 1.29 is 47.5 Å². The van der Waals surface area contributed by atoms with Crippen LogP contribution >= 0.6 is 0 Å². The number of carbonyl (C=O) groups excluding carboxylic acids is 2. The summed E-state index contributed by atoms with van der Waals surface area (Å²) in [5.41, 5.74) is 3.82. The first-order valence-electron chi connectivity index (χ1n) is 19.0. The SMILES string of the molecule is CCOC(=O)c1cc(OCc2ccccc2)c(OCc2ccccc2)c(OC)c1-c1c(C(=O)OCC)cc(OCc2ccccc2)c(OCc2ccccc2)c1OC. The lowest BCUT2D eigenvalue weighted by molar-refractivity contribution is 0.0513. The summed E-state index contributed by atoms with van der Waals surface area (Å²) in [4.78, 5) is 28.3. The number of ether oxygens (including phenoxy) is 8. The van der Waals surface area contributed by atoms with Crippen LogP contribution in [0.2, 0.25) is 0 Å². The highest BCUT2D eigenvalue weighted by Gasteiger charge is 2.35. The van der Waals surface area contributed by atoms with Gasteiger partial charge >= 0.3 is 11.9 Å². The lowest BCUT2D eigenvalue weighted by atomic mass is 9.91. The Kier molecular flexibility index (Phi) is 14.2. The minimum Gasteiger partial charge on any atom is -0.492 e. The van der Waals surface area contributed by atoms with E-state index in [1.54, 1.807) is 13.8 Å². The zero-order valence-corrected chi connectivity index (χ0v) is 33.0. The van der Waals surface area contributed by atoms with Gasteiger partial charge in [-0.15, -0.1) is 0 Å². The Labute approximate surface area is 338 Å². The number of carbonyl (C=O) groups is 2. The van der Waals surface area contributed by atoms with E-state index in [2.05, 4.69) is 0 Å². The van der Waals surface area contributed by atoms with Gasteiger partial charge in [0.1, 0.15) is 26.4 Å². The minimum absolute atomic E-state index is 0.0182. The van der Waals surface area contributed by atoms with Crippen molar-refractivity contribution in [3.05, 3.63) is 167 Å². The van der Waals surface area contributed by atoms with Crippen molar-refractivity contribution in [1.82, 2.24) is 0 Å². The molecule has 0 heterocycles. The molecule has 10 heteroatoms. The zero-order valence-electron chi connectivity index (χ0n) is 33.0. The Hall–Kier alpha value is -6.94. The lowest BCUT2D eigenvalue weighted by Gasteiger charge is -2.25. The van der Waals surface area contributed by atoms with E-state index in [1.807, 2.05) is 121 Å². The number of hydrogen-bond donors (Lipinski definition) is 0. The molecule has 0 saturated carbocycles. The molecular weight excluding hydrogens is 737 g/mol. The van der Waals surface area contributed by atoms with Gasteiger partial charge in [0.2, 0.25) is 11.5 Å². The first-order chi connectivity index (χ1) is 28.4. The highest BCUT2D eigenvalue weighted by Crippen LogP contribution is 2.55. The number of methoxy groups -OCH3 is 2. The standard InChI is InChI=1S/C48H46O10/c1-5-53-47(49)37-27-39(55-29-33-19-11-7-12-20-33)43(57-31-35-23-15-9-16-24-35)45(51-3)41(37)42-38(48(50)54-6-2)28-40(56-30-34-21-13-8-14-22-34)44(46(42)52-4)58-32-36-25-17-10-18-26-36/h7-28H,5-6,29-32H2,1-4H3. The van der Waals surface area contributed by atoms with E-state index in [4.69, 9.17) is 37.9 Å². The Bertz CT molecular complexity index is 2100. The molecule has 0 atom stereocenters. The molecule has 0 aromatic heterocycles. The molecule has 0 fully saturated rings. The van der Waals surface area contributed by atoms with Crippen molar-refractivity contribution in [2.24, 2.45) is 0 Å². The van der Waals surface area contributed by atoms with Crippen LogP contribution in [0.25, 0.3) is 11.1 Å². The fraction of sp³-hybridized carbons (Fsp3) is 0.208. The van der Waals surface area contributed by atoms with E-state index in [0.717, 1.165) is 22.3 Å². The topological polar surface area (TPSA) is 108 Å². The highest BCUT2D eigenvalue weighted by atomic mass is 16.6. The van der Waals surface area contributed by atoms with E-state index in [-0.39, 0.29) is 96.4 Å². The van der Waals surface area contributed by atoms with Gasteiger partial charge < -0.3 is 37.9 Å². The largest absolute Gasteiger partial charge is 0.492 e. The zero-order chi connectivity index (χ0) is 40.7. The third kappa shape index (κ3) is 9.89. The van der Waals surface area contributed by atoms with Gasteiger partial charge in [-0.1, -0.05) is 121 Å². The normalized spacial score (nSPS) is 10.6. The molecule has 0 aliphatic heterocycles. The van der Waals surface area contributed by atoms with Crippen molar-refractivity contribution in [1.29, 1.82) is 0 Å². The molecule has 6 aromatic rings. The Morgan fingerprint density at radius 2 is 0.707 bits per heavy atom. The maximum absolute atomic E-state index is 14.2. The maximum Gasteiger partial charge on any atom is 0.339 e. The van der Waals surface area contributed by atoms with Gasteiger partial charge in [-0.2, -0.15) is 0 Å². The van der Waals surface area contributed by atoms with Crippen molar-refractivity contribution >= 4 is 11.9 Å². The van der Waals surface area contributed by atoms with Gasteiger partial charge in [0.05, 0.1) is 38.6 Å². The summed E-state index contributed by atoms with van der Waals surface area (Å²) in [6.45, 7) is 4.08. The van der Waals surface area contributed by atoms with Gasteiger partial charge in [0.15, 0.2) is 23.0 Å². The van der Waals surface area contributed by atoms with E-state index in [0.29, 0.717) is 0 Å². The number of esters is 2. The van der Waals surface area contributed by atoms with Crippen LogP contribution in [0.5, 0.6) is 34.5 Å². The molecule has 0 spiro atoms. The Morgan fingerprint density at radius 3 is 0.983 bits per heavy atom. The summed E-state index contributed by atoms with van der Waals surface area (Å²) in [7, 11) is 2.90. The fourth-order valence-electron chi connectivity index (χ4n) is 6.28. The van der Waals surface area contributed by atoms with Gasteiger partial charge in [0.25, 0.3) is 0 Å². The third-order valence-corrected chi connectivity index (χ3v) is 8.98.